The van der Waals surface area contributed by atoms with Gasteiger partial charge in [0.1, 0.15) is 12.3 Å². The summed E-state index contributed by atoms with van der Waals surface area (Å²) in [6.07, 6.45) is 2.73. The summed E-state index contributed by atoms with van der Waals surface area (Å²) >= 11 is 0. The molecule has 0 unspecified atom stereocenters. The normalized spacial score (nSPS) is 17.2. The van der Waals surface area contributed by atoms with E-state index >= 15 is 0 Å². The molecule has 2 rings (SSSR count). The van der Waals surface area contributed by atoms with Gasteiger partial charge in [0.05, 0.1) is 13.1 Å². The third-order valence-electron chi connectivity index (χ3n) is 3.32. The molecular formula is C13H20NO+. The highest BCUT2D eigenvalue weighted by molar-refractivity contribution is 5.41. The smallest absolute Gasteiger partial charge is 0.121 e. The first-order chi connectivity index (χ1) is 7.16. The number of rotatable bonds is 2. The van der Waals surface area contributed by atoms with Gasteiger partial charge in [-0.2, -0.15) is 0 Å². The van der Waals surface area contributed by atoms with Gasteiger partial charge < -0.3 is 10.0 Å². The van der Waals surface area contributed by atoms with Gasteiger partial charge in [0.25, 0.3) is 0 Å². The fourth-order valence-corrected chi connectivity index (χ4v) is 2.49. The average molecular weight is 206 g/mol. The van der Waals surface area contributed by atoms with Crippen LogP contribution in [0.1, 0.15) is 29.5 Å². The van der Waals surface area contributed by atoms with E-state index in [9.17, 15) is 5.11 Å². The SMILES string of the molecule is Cc1cc(C[NH+]2CCCC2)cc(C)c1O. The van der Waals surface area contributed by atoms with Crippen molar-refractivity contribution < 1.29 is 10.0 Å². The zero-order chi connectivity index (χ0) is 10.8. The molecule has 1 aromatic carbocycles. The van der Waals surface area contributed by atoms with Crippen LogP contribution in [-0.2, 0) is 6.54 Å². The summed E-state index contributed by atoms with van der Waals surface area (Å²) in [5.41, 5.74) is 3.37. The minimum Gasteiger partial charge on any atom is -0.507 e. The summed E-state index contributed by atoms with van der Waals surface area (Å²) in [6, 6.07) is 4.24. The van der Waals surface area contributed by atoms with Crippen molar-refractivity contribution in [2.75, 3.05) is 13.1 Å². The van der Waals surface area contributed by atoms with Crippen molar-refractivity contribution in [3.05, 3.63) is 28.8 Å². The number of likely N-dealkylation sites (tertiary alicyclic amines) is 1. The number of benzene rings is 1. The maximum atomic E-state index is 9.68. The van der Waals surface area contributed by atoms with E-state index in [0.717, 1.165) is 17.7 Å². The molecule has 2 heteroatoms. The number of phenols is 1. The van der Waals surface area contributed by atoms with Crippen LogP contribution in [0.15, 0.2) is 12.1 Å². The molecule has 1 heterocycles. The van der Waals surface area contributed by atoms with Crippen molar-refractivity contribution in [1.29, 1.82) is 0 Å². The molecule has 0 spiro atoms. The van der Waals surface area contributed by atoms with Crippen molar-refractivity contribution in [1.82, 2.24) is 0 Å². The predicted octanol–water partition coefficient (Wildman–Crippen LogP) is 1.19. The van der Waals surface area contributed by atoms with E-state index in [1.807, 2.05) is 13.8 Å². The molecule has 1 aliphatic heterocycles. The molecule has 0 aromatic heterocycles. The van der Waals surface area contributed by atoms with Gasteiger partial charge in [0.2, 0.25) is 0 Å². The van der Waals surface area contributed by atoms with Gasteiger partial charge in [0.15, 0.2) is 0 Å². The molecule has 2 nitrogen and oxygen atoms in total. The minimum absolute atomic E-state index is 0.454. The lowest BCUT2D eigenvalue weighted by molar-refractivity contribution is -0.901. The fraction of sp³-hybridized carbons (Fsp3) is 0.538. The molecule has 0 aliphatic carbocycles. The highest BCUT2D eigenvalue weighted by Gasteiger charge is 2.16. The van der Waals surface area contributed by atoms with Crippen molar-refractivity contribution in [3.63, 3.8) is 0 Å². The van der Waals surface area contributed by atoms with Crippen LogP contribution in [-0.4, -0.2) is 18.2 Å². The Balaban J connectivity index is 2.14. The summed E-state index contributed by atoms with van der Waals surface area (Å²) in [5, 5.41) is 9.68. The number of hydrogen-bond donors (Lipinski definition) is 2. The van der Waals surface area contributed by atoms with Crippen LogP contribution in [0.25, 0.3) is 0 Å². The van der Waals surface area contributed by atoms with Crippen molar-refractivity contribution in [2.24, 2.45) is 0 Å². The molecule has 0 amide bonds. The second kappa shape index (κ2) is 4.23. The molecule has 1 aliphatic rings. The second-order valence-corrected chi connectivity index (χ2v) is 4.71. The van der Waals surface area contributed by atoms with Crippen LogP contribution in [0.4, 0.5) is 0 Å². The Bertz CT molecular complexity index is 331. The van der Waals surface area contributed by atoms with Crippen molar-refractivity contribution in [3.8, 4) is 5.75 Å². The molecule has 0 atom stereocenters. The summed E-state index contributed by atoms with van der Waals surface area (Å²) in [4.78, 5) is 1.68. The zero-order valence-electron chi connectivity index (χ0n) is 9.64. The van der Waals surface area contributed by atoms with Gasteiger partial charge in [-0.3, -0.25) is 0 Å². The first-order valence-electron chi connectivity index (χ1n) is 5.79. The lowest BCUT2D eigenvalue weighted by atomic mass is 10.1. The average Bonchev–Trinajstić information content (AvgIpc) is 2.66. The summed E-state index contributed by atoms with van der Waals surface area (Å²) in [7, 11) is 0. The van der Waals surface area contributed by atoms with Gasteiger partial charge in [0, 0.05) is 18.4 Å². The lowest BCUT2D eigenvalue weighted by Gasteiger charge is -2.13. The highest BCUT2D eigenvalue weighted by Crippen LogP contribution is 2.22. The standard InChI is InChI=1S/C13H19NO/c1-10-7-12(8-11(2)13(10)15)9-14-5-3-4-6-14/h7-8,15H,3-6,9H2,1-2H3/p+1. The van der Waals surface area contributed by atoms with E-state index < -0.39 is 0 Å². The molecule has 0 saturated carbocycles. The van der Waals surface area contributed by atoms with E-state index in [1.165, 1.54) is 31.5 Å². The molecule has 15 heavy (non-hydrogen) atoms. The third kappa shape index (κ3) is 2.32. The maximum absolute atomic E-state index is 9.68. The van der Waals surface area contributed by atoms with Crippen LogP contribution in [0, 0.1) is 13.8 Å². The molecule has 1 fully saturated rings. The summed E-state index contributed by atoms with van der Waals surface area (Å²) < 4.78 is 0. The molecule has 1 saturated heterocycles. The number of aryl methyl sites for hydroxylation is 2. The first-order valence-corrected chi connectivity index (χ1v) is 5.79. The van der Waals surface area contributed by atoms with Crippen molar-refractivity contribution in [2.45, 2.75) is 33.2 Å². The Labute approximate surface area is 91.5 Å². The van der Waals surface area contributed by atoms with Crippen molar-refractivity contribution >= 4 is 0 Å². The zero-order valence-corrected chi connectivity index (χ0v) is 9.64. The second-order valence-electron chi connectivity index (χ2n) is 4.71. The number of aromatic hydroxyl groups is 1. The van der Waals surface area contributed by atoms with Crippen LogP contribution >= 0.6 is 0 Å². The maximum Gasteiger partial charge on any atom is 0.121 e. The van der Waals surface area contributed by atoms with E-state index in [4.69, 9.17) is 0 Å². The van der Waals surface area contributed by atoms with E-state index in [-0.39, 0.29) is 0 Å². The minimum atomic E-state index is 0.454. The number of quaternary nitrogens is 1. The Hall–Kier alpha value is -1.02. The van der Waals surface area contributed by atoms with Gasteiger partial charge in [-0.1, -0.05) is 0 Å². The van der Waals surface area contributed by atoms with Gasteiger partial charge in [-0.05, 0) is 37.1 Å². The summed E-state index contributed by atoms with van der Waals surface area (Å²) in [5.74, 6) is 0.454. The van der Waals surface area contributed by atoms with E-state index in [0.29, 0.717) is 5.75 Å². The molecule has 2 N–H and O–H groups in total. The topological polar surface area (TPSA) is 24.7 Å². The Morgan fingerprint density at radius 3 is 2.20 bits per heavy atom. The molecule has 1 aromatic rings. The molecule has 0 bridgehead atoms. The number of phenolic OH excluding ortho intramolecular Hbond substituents is 1. The predicted molar refractivity (Wildman–Crippen MR) is 61.2 cm³/mol. The highest BCUT2D eigenvalue weighted by atomic mass is 16.3. The molecular weight excluding hydrogens is 186 g/mol. The molecule has 0 radical (unpaired) electrons. The fourth-order valence-electron chi connectivity index (χ4n) is 2.49. The first kappa shape index (κ1) is 10.5. The lowest BCUT2D eigenvalue weighted by Crippen LogP contribution is -3.08. The Morgan fingerprint density at radius 1 is 1.13 bits per heavy atom. The van der Waals surface area contributed by atoms with Crippen LogP contribution in [0.2, 0.25) is 0 Å². The quantitative estimate of drug-likeness (QED) is 0.746. The monoisotopic (exact) mass is 206 g/mol. The van der Waals surface area contributed by atoms with Crippen LogP contribution in [0.5, 0.6) is 5.75 Å². The largest absolute Gasteiger partial charge is 0.507 e. The number of hydrogen-bond acceptors (Lipinski definition) is 1. The Kier molecular flexibility index (Phi) is 2.96. The van der Waals surface area contributed by atoms with Gasteiger partial charge >= 0.3 is 0 Å². The third-order valence-corrected chi connectivity index (χ3v) is 3.32. The molecule has 82 valence electrons. The van der Waals surface area contributed by atoms with Crippen LogP contribution < -0.4 is 4.90 Å². The summed E-state index contributed by atoms with van der Waals surface area (Å²) in [6.45, 7) is 7.68. The van der Waals surface area contributed by atoms with E-state index in [2.05, 4.69) is 12.1 Å². The van der Waals surface area contributed by atoms with Crippen LogP contribution in [0.3, 0.4) is 0 Å². The van der Waals surface area contributed by atoms with Gasteiger partial charge in [-0.15, -0.1) is 0 Å². The van der Waals surface area contributed by atoms with E-state index in [1.54, 1.807) is 4.90 Å². The van der Waals surface area contributed by atoms with Gasteiger partial charge in [-0.25, -0.2) is 0 Å². The number of nitrogens with one attached hydrogen (secondary N) is 1. The Morgan fingerprint density at radius 2 is 1.67 bits per heavy atom.